The van der Waals surface area contributed by atoms with Crippen LogP contribution in [0.25, 0.3) is 11.0 Å². The molecule has 1 aromatic heterocycles. The Hall–Kier alpha value is -0.380. The van der Waals surface area contributed by atoms with Crippen LogP contribution in [0.1, 0.15) is 43.8 Å². The van der Waals surface area contributed by atoms with Gasteiger partial charge in [0.1, 0.15) is 11.3 Å². The first-order valence-corrected chi connectivity index (χ1v) is 9.44. The van der Waals surface area contributed by atoms with Gasteiger partial charge in [-0.1, -0.05) is 30.5 Å². The van der Waals surface area contributed by atoms with Crippen molar-refractivity contribution in [3.05, 3.63) is 29.0 Å². The maximum atomic E-state index is 6.37. The lowest BCUT2D eigenvalue weighted by molar-refractivity contribution is 0.501. The van der Waals surface area contributed by atoms with Crippen molar-refractivity contribution in [3.8, 4) is 0 Å². The van der Waals surface area contributed by atoms with Crippen molar-refractivity contribution in [2.24, 2.45) is 0 Å². The summed E-state index contributed by atoms with van der Waals surface area (Å²) in [7, 11) is 0. The Bertz CT molecular complexity index is 645. The van der Waals surface area contributed by atoms with Gasteiger partial charge in [0.2, 0.25) is 0 Å². The van der Waals surface area contributed by atoms with Crippen molar-refractivity contribution < 1.29 is 0 Å². The number of para-hydroxylation sites is 1. The van der Waals surface area contributed by atoms with Crippen LogP contribution in [0.15, 0.2) is 18.2 Å². The summed E-state index contributed by atoms with van der Waals surface area (Å²) in [6.45, 7) is 2.95. The molecule has 0 aliphatic heterocycles. The number of hydrogen-bond acceptors (Lipinski definition) is 2. The number of alkyl halides is 1. The lowest BCUT2D eigenvalue weighted by atomic mass is 10.1. The molecule has 1 unspecified atom stereocenters. The van der Waals surface area contributed by atoms with Gasteiger partial charge < -0.3 is 4.57 Å². The molecule has 1 fully saturated rings. The molecule has 1 aromatic carbocycles. The fraction of sp³-hybridized carbons (Fsp3) is 0.562. The number of nitrogens with zero attached hydrogens (tertiary/aromatic N) is 2. The second-order valence-corrected chi connectivity index (χ2v) is 8.21. The monoisotopic (exact) mass is 342 g/mol. The number of hydrogen-bond donors (Lipinski definition) is 0. The average molecular weight is 343 g/mol. The Morgan fingerprint density at radius 1 is 1.38 bits per heavy atom. The molecule has 1 aliphatic rings. The van der Waals surface area contributed by atoms with E-state index in [4.69, 9.17) is 28.2 Å². The highest BCUT2D eigenvalue weighted by molar-refractivity contribution is 8.00. The number of rotatable bonds is 4. The van der Waals surface area contributed by atoms with Gasteiger partial charge in [0.05, 0.1) is 15.9 Å². The van der Waals surface area contributed by atoms with Crippen LogP contribution in [0.4, 0.5) is 0 Å². The molecule has 0 saturated heterocycles. The third-order valence-electron chi connectivity index (χ3n) is 4.51. The van der Waals surface area contributed by atoms with E-state index in [0.29, 0.717) is 9.77 Å². The number of thioether (sulfide) groups is 1. The van der Waals surface area contributed by atoms with E-state index in [1.54, 1.807) is 0 Å². The van der Waals surface area contributed by atoms with Gasteiger partial charge in [-0.05, 0) is 38.2 Å². The van der Waals surface area contributed by atoms with Crippen molar-refractivity contribution in [3.63, 3.8) is 0 Å². The number of imidazole rings is 1. The SMILES string of the molecule is CSC1(Cn2c(C(C)Cl)nc3c(Cl)cccc32)CCCC1. The zero-order chi connectivity index (χ0) is 15.0. The minimum atomic E-state index is -0.117. The largest absolute Gasteiger partial charge is 0.325 e. The van der Waals surface area contributed by atoms with Crippen molar-refractivity contribution in [2.45, 2.75) is 49.3 Å². The predicted molar refractivity (Wildman–Crippen MR) is 93.7 cm³/mol. The van der Waals surface area contributed by atoms with Gasteiger partial charge in [-0.15, -0.1) is 11.6 Å². The van der Waals surface area contributed by atoms with Crippen LogP contribution >= 0.6 is 35.0 Å². The molecule has 114 valence electrons. The van der Waals surface area contributed by atoms with E-state index in [9.17, 15) is 0 Å². The van der Waals surface area contributed by atoms with Crippen LogP contribution < -0.4 is 0 Å². The standard InChI is InChI=1S/C16H20Cl2N2S/c1-11(17)15-19-14-12(18)6-5-7-13(14)20(15)10-16(21-2)8-3-4-9-16/h5-7,11H,3-4,8-10H2,1-2H3. The second-order valence-electron chi connectivity index (χ2n) is 5.87. The van der Waals surface area contributed by atoms with Gasteiger partial charge in [-0.2, -0.15) is 11.8 Å². The van der Waals surface area contributed by atoms with Gasteiger partial charge in [0.25, 0.3) is 0 Å². The van der Waals surface area contributed by atoms with Crippen LogP contribution in [0.3, 0.4) is 0 Å². The molecular formula is C16H20Cl2N2S. The molecule has 1 atom stereocenters. The van der Waals surface area contributed by atoms with Crippen LogP contribution in [0, 0.1) is 0 Å². The Balaban J connectivity index is 2.11. The molecule has 1 saturated carbocycles. The Labute approximate surface area is 140 Å². The molecule has 2 nitrogen and oxygen atoms in total. The summed E-state index contributed by atoms with van der Waals surface area (Å²) in [5.41, 5.74) is 1.97. The number of halogens is 2. The van der Waals surface area contributed by atoms with Gasteiger partial charge in [-0.3, -0.25) is 0 Å². The van der Waals surface area contributed by atoms with Crippen LogP contribution in [0.5, 0.6) is 0 Å². The molecule has 5 heteroatoms. The minimum absolute atomic E-state index is 0.117. The molecule has 0 radical (unpaired) electrons. The summed E-state index contributed by atoms with van der Waals surface area (Å²) in [5, 5.41) is 0.586. The van der Waals surface area contributed by atoms with E-state index in [1.807, 2.05) is 30.8 Å². The first-order chi connectivity index (χ1) is 10.1. The zero-order valence-electron chi connectivity index (χ0n) is 12.4. The smallest absolute Gasteiger partial charge is 0.127 e. The molecule has 1 aliphatic carbocycles. The molecule has 0 amide bonds. The molecule has 0 bridgehead atoms. The fourth-order valence-corrected chi connectivity index (χ4v) is 4.67. The van der Waals surface area contributed by atoms with Crippen LogP contribution in [0.2, 0.25) is 5.02 Å². The summed E-state index contributed by atoms with van der Waals surface area (Å²) in [4.78, 5) is 4.71. The van der Waals surface area contributed by atoms with E-state index >= 15 is 0 Å². The van der Waals surface area contributed by atoms with Crippen molar-refractivity contribution in [2.75, 3.05) is 6.26 Å². The van der Waals surface area contributed by atoms with E-state index in [1.165, 1.54) is 25.7 Å². The number of aromatic nitrogens is 2. The third-order valence-corrected chi connectivity index (χ3v) is 6.41. The van der Waals surface area contributed by atoms with Gasteiger partial charge >= 0.3 is 0 Å². The lowest BCUT2D eigenvalue weighted by Gasteiger charge is -2.28. The molecule has 0 N–H and O–H groups in total. The highest BCUT2D eigenvalue weighted by atomic mass is 35.5. The second kappa shape index (κ2) is 6.02. The summed E-state index contributed by atoms with van der Waals surface area (Å²) in [5.74, 6) is 0.931. The molecule has 1 heterocycles. The normalized spacial score (nSPS) is 19.2. The predicted octanol–water partition coefficient (Wildman–Crippen LogP) is 5.67. The van der Waals surface area contributed by atoms with E-state index in [0.717, 1.165) is 23.4 Å². The van der Waals surface area contributed by atoms with Crippen molar-refractivity contribution in [1.29, 1.82) is 0 Å². The van der Waals surface area contributed by atoms with Gasteiger partial charge in [-0.25, -0.2) is 4.98 Å². The zero-order valence-corrected chi connectivity index (χ0v) is 14.7. The summed E-state index contributed by atoms with van der Waals surface area (Å²) < 4.78 is 2.61. The number of fused-ring (bicyclic) bond motifs is 1. The summed E-state index contributed by atoms with van der Waals surface area (Å²) >= 11 is 14.7. The van der Waals surface area contributed by atoms with Crippen molar-refractivity contribution in [1.82, 2.24) is 9.55 Å². The number of benzene rings is 1. The quantitative estimate of drug-likeness (QED) is 0.666. The molecule has 0 spiro atoms. The lowest BCUT2D eigenvalue weighted by Crippen LogP contribution is -2.27. The van der Waals surface area contributed by atoms with Crippen LogP contribution in [-0.2, 0) is 6.54 Å². The van der Waals surface area contributed by atoms with E-state index in [-0.39, 0.29) is 5.38 Å². The van der Waals surface area contributed by atoms with E-state index in [2.05, 4.69) is 16.9 Å². The molecule has 3 rings (SSSR count). The maximum Gasteiger partial charge on any atom is 0.127 e. The van der Waals surface area contributed by atoms with Gasteiger partial charge in [0.15, 0.2) is 0 Å². The summed E-state index contributed by atoms with van der Waals surface area (Å²) in [6, 6.07) is 5.98. The van der Waals surface area contributed by atoms with Crippen LogP contribution in [-0.4, -0.2) is 20.6 Å². The molecular weight excluding hydrogens is 323 g/mol. The van der Waals surface area contributed by atoms with Crippen molar-refractivity contribution >= 4 is 46.0 Å². The van der Waals surface area contributed by atoms with Gasteiger partial charge in [0, 0.05) is 11.3 Å². The first-order valence-electron chi connectivity index (χ1n) is 7.40. The molecule has 21 heavy (non-hydrogen) atoms. The Morgan fingerprint density at radius 3 is 2.71 bits per heavy atom. The first kappa shape index (κ1) is 15.5. The highest BCUT2D eigenvalue weighted by Crippen LogP contribution is 2.43. The summed E-state index contributed by atoms with van der Waals surface area (Å²) in [6.07, 6.45) is 7.40. The molecule has 2 aromatic rings. The Kier molecular flexibility index (Phi) is 4.45. The topological polar surface area (TPSA) is 17.8 Å². The highest BCUT2D eigenvalue weighted by Gasteiger charge is 2.35. The maximum absolute atomic E-state index is 6.37. The Morgan fingerprint density at radius 2 is 2.10 bits per heavy atom. The van der Waals surface area contributed by atoms with E-state index < -0.39 is 0 Å². The fourth-order valence-electron chi connectivity index (χ4n) is 3.33. The third kappa shape index (κ3) is 2.80. The average Bonchev–Trinajstić information content (AvgIpc) is 3.06. The minimum Gasteiger partial charge on any atom is -0.325 e.